The third-order valence-corrected chi connectivity index (χ3v) is 6.35. The molecule has 3 heterocycles. The monoisotopic (exact) mass is 428 g/mol. The fourth-order valence-electron chi connectivity index (χ4n) is 3.19. The lowest BCUT2D eigenvalue weighted by Gasteiger charge is -2.21. The van der Waals surface area contributed by atoms with Gasteiger partial charge in [0, 0.05) is 33.4 Å². The molecule has 0 saturated carbocycles. The lowest BCUT2D eigenvalue weighted by Crippen LogP contribution is -2.23. The van der Waals surface area contributed by atoms with Crippen molar-refractivity contribution in [3.8, 4) is 21.6 Å². The molecule has 1 aliphatic heterocycles. The van der Waals surface area contributed by atoms with Crippen molar-refractivity contribution in [2.24, 2.45) is 0 Å². The fourth-order valence-corrected chi connectivity index (χ4v) is 4.48. The maximum absolute atomic E-state index is 11.8. The van der Waals surface area contributed by atoms with Gasteiger partial charge >= 0.3 is 6.09 Å². The van der Waals surface area contributed by atoms with Crippen LogP contribution in [0.15, 0.2) is 48.0 Å². The van der Waals surface area contributed by atoms with E-state index in [1.165, 1.54) is 0 Å². The molecular weight excluding hydrogens is 408 g/mol. The third-order valence-electron chi connectivity index (χ3n) is 5.07. The highest BCUT2D eigenvalue weighted by atomic mass is 35.5. The van der Waals surface area contributed by atoms with Gasteiger partial charge in [0.2, 0.25) is 0 Å². The Balaban J connectivity index is 1.63. The lowest BCUT2D eigenvalue weighted by atomic mass is 9.88. The van der Waals surface area contributed by atoms with Gasteiger partial charge in [0.15, 0.2) is 0 Å². The van der Waals surface area contributed by atoms with Gasteiger partial charge in [-0.2, -0.15) is 0 Å². The fraction of sp³-hybridized carbons (Fsp3) is 0.273. The molecule has 0 radical (unpaired) electrons. The molecule has 0 bridgehead atoms. The summed E-state index contributed by atoms with van der Waals surface area (Å²) >= 11 is 8.15. The number of thiophene rings is 1. The van der Waals surface area contributed by atoms with Gasteiger partial charge in [0.05, 0.1) is 18.2 Å². The van der Waals surface area contributed by atoms with Crippen LogP contribution in [0.3, 0.4) is 0 Å². The van der Waals surface area contributed by atoms with Crippen molar-refractivity contribution in [1.82, 2.24) is 4.98 Å². The molecular formula is C22H21ClN2O3S. The van der Waals surface area contributed by atoms with Crippen molar-refractivity contribution in [1.29, 1.82) is 0 Å². The molecule has 1 aliphatic rings. The Morgan fingerprint density at radius 1 is 1.24 bits per heavy atom. The van der Waals surface area contributed by atoms with Crippen LogP contribution >= 0.6 is 22.9 Å². The maximum atomic E-state index is 11.8. The minimum Gasteiger partial charge on any atom is -0.447 e. The standard InChI is InChI=1S/C22H21ClN2O3S/c1-22(2,13-26)20-10-14(5-6-24-20)15-9-19(29-12-15)17-4-3-16(11-18(17)23)25-7-8-28-21(25)27/h3-6,9-12,26H,7-8,13H2,1-2H3. The molecule has 150 valence electrons. The molecule has 0 unspecified atom stereocenters. The molecule has 0 aliphatic carbocycles. The molecule has 1 amide bonds. The molecule has 29 heavy (non-hydrogen) atoms. The van der Waals surface area contributed by atoms with Crippen LogP contribution in [-0.4, -0.2) is 35.9 Å². The van der Waals surface area contributed by atoms with E-state index < -0.39 is 5.41 Å². The number of pyridine rings is 1. The van der Waals surface area contributed by atoms with Crippen molar-refractivity contribution >= 4 is 34.7 Å². The molecule has 0 atom stereocenters. The molecule has 2 aromatic heterocycles. The molecule has 1 saturated heterocycles. The van der Waals surface area contributed by atoms with Crippen LogP contribution in [-0.2, 0) is 10.2 Å². The summed E-state index contributed by atoms with van der Waals surface area (Å²) < 4.78 is 4.99. The van der Waals surface area contributed by atoms with Crippen molar-refractivity contribution in [3.63, 3.8) is 0 Å². The number of nitrogens with zero attached hydrogens (tertiary/aromatic N) is 2. The number of aromatic nitrogens is 1. The number of carbonyl (C=O) groups is 1. The minimum absolute atomic E-state index is 0.0326. The summed E-state index contributed by atoms with van der Waals surface area (Å²) in [5.41, 5.74) is 4.24. The van der Waals surface area contributed by atoms with E-state index in [0.29, 0.717) is 18.2 Å². The van der Waals surface area contributed by atoms with E-state index in [1.807, 2.05) is 38.1 Å². The van der Waals surface area contributed by atoms with E-state index in [4.69, 9.17) is 16.3 Å². The van der Waals surface area contributed by atoms with E-state index in [2.05, 4.69) is 16.4 Å². The highest BCUT2D eigenvalue weighted by Crippen LogP contribution is 2.38. The number of amides is 1. The number of aliphatic hydroxyl groups is 1. The third kappa shape index (κ3) is 3.88. The number of halogens is 1. The summed E-state index contributed by atoms with van der Waals surface area (Å²) in [5.74, 6) is 0. The van der Waals surface area contributed by atoms with Crippen LogP contribution in [0.1, 0.15) is 19.5 Å². The van der Waals surface area contributed by atoms with E-state index in [1.54, 1.807) is 28.5 Å². The summed E-state index contributed by atoms with van der Waals surface area (Å²) in [4.78, 5) is 18.8. The summed E-state index contributed by atoms with van der Waals surface area (Å²) in [6.45, 7) is 4.90. The van der Waals surface area contributed by atoms with Gasteiger partial charge < -0.3 is 9.84 Å². The van der Waals surface area contributed by atoms with Gasteiger partial charge in [-0.25, -0.2) is 4.79 Å². The number of aliphatic hydroxyl groups excluding tert-OH is 1. The van der Waals surface area contributed by atoms with E-state index in [9.17, 15) is 9.90 Å². The molecule has 7 heteroatoms. The largest absolute Gasteiger partial charge is 0.447 e. The second-order valence-corrected chi connectivity index (χ2v) is 8.92. The topological polar surface area (TPSA) is 62.7 Å². The second-order valence-electron chi connectivity index (χ2n) is 7.60. The predicted molar refractivity (Wildman–Crippen MR) is 117 cm³/mol. The van der Waals surface area contributed by atoms with Crippen LogP contribution < -0.4 is 4.90 Å². The van der Waals surface area contributed by atoms with Gasteiger partial charge in [0.1, 0.15) is 6.61 Å². The number of carbonyl (C=O) groups excluding carboxylic acids is 1. The van der Waals surface area contributed by atoms with Crippen molar-refractivity contribution in [2.45, 2.75) is 19.3 Å². The number of anilines is 1. The Hall–Kier alpha value is -2.41. The first-order chi connectivity index (χ1) is 13.9. The summed E-state index contributed by atoms with van der Waals surface area (Å²) in [6.07, 6.45) is 1.43. The van der Waals surface area contributed by atoms with Crippen molar-refractivity contribution < 1.29 is 14.6 Å². The summed E-state index contributed by atoms with van der Waals surface area (Å²) in [7, 11) is 0. The molecule has 1 aromatic carbocycles. The van der Waals surface area contributed by atoms with Gasteiger partial charge in [-0.05, 0) is 52.9 Å². The van der Waals surface area contributed by atoms with Gasteiger partial charge in [0.25, 0.3) is 0 Å². The lowest BCUT2D eigenvalue weighted by molar-refractivity contribution is 0.181. The van der Waals surface area contributed by atoms with Crippen LogP contribution in [0, 0.1) is 0 Å². The van der Waals surface area contributed by atoms with Crippen LogP contribution in [0.4, 0.5) is 10.5 Å². The quantitative estimate of drug-likeness (QED) is 0.594. The maximum Gasteiger partial charge on any atom is 0.414 e. The number of cyclic esters (lactones) is 1. The average Bonchev–Trinajstić information content (AvgIpc) is 3.37. The number of benzene rings is 1. The normalized spacial score (nSPS) is 14.3. The van der Waals surface area contributed by atoms with Gasteiger partial charge in [-0.1, -0.05) is 25.4 Å². The molecule has 4 rings (SSSR count). The van der Waals surface area contributed by atoms with Crippen molar-refractivity contribution in [3.05, 3.63) is 58.7 Å². The summed E-state index contributed by atoms with van der Waals surface area (Å²) in [6, 6.07) is 11.7. The number of hydrogen-bond acceptors (Lipinski definition) is 5. The first-order valence-electron chi connectivity index (χ1n) is 9.29. The van der Waals surface area contributed by atoms with E-state index in [0.717, 1.165) is 32.9 Å². The molecule has 0 spiro atoms. The Bertz CT molecular complexity index is 1060. The van der Waals surface area contributed by atoms with Crippen LogP contribution in [0.25, 0.3) is 21.6 Å². The smallest absolute Gasteiger partial charge is 0.414 e. The van der Waals surface area contributed by atoms with E-state index >= 15 is 0 Å². The van der Waals surface area contributed by atoms with Gasteiger partial charge in [-0.15, -0.1) is 11.3 Å². The minimum atomic E-state index is -0.398. The SMILES string of the molecule is CC(C)(CO)c1cc(-c2csc(-c3ccc(N4CCOC4=O)cc3Cl)c2)ccn1. The average molecular weight is 429 g/mol. The molecule has 5 nitrogen and oxygen atoms in total. The van der Waals surface area contributed by atoms with Crippen LogP contribution in [0.2, 0.25) is 5.02 Å². The highest BCUT2D eigenvalue weighted by Gasteiger charge is 2.24. The second kappa shape index (κ2) is 7.78. The zero-order valence-electron chi connectivity index (χ0n) is 16.2. The Labute approximate surface area is 178 Å². The molecule has 1 N–H and O–H groups in total. The molecule has 1 fully saturated rings. The zero-order chi connectivity index (χ0) is 20.6. The van der Waals surface area contributed by atoms with Crippen molar-refractivity contribution in [2.75, 3.05) is 24.7 Å². The zero-order valence-corrected chi connectivity index (χ0v) is 17.8. The number of hydrogen-bond donors (Lipinski definition) is 1. The van der Waals surface area contributed by atoms with E-state index in [-0.39, 0.29) is 12.7 Å². The number of rotatable bonds is 5. The van der Waals surface area contributed by atoms with Gasteiger partial charge in [-0.3, -0.25) is 9.88 Å². The first-order valence-corrected chi connectivity index (χ1v) is 10.6. The Morgan fingerprint density at radius 3 is 2.76 bits per heavy atom. The Kier molecular flexibility index (Phi) is 5.34. The summed E-state index contributed by atoms with van der Waals surface area (Å²) in [5, 5.41) is 12.3. The first kappa shape index (κ1) is 19.9. The molecule has 3 aromatic rings. The highest BCUT2D eigenvalue weighted by molar-refractivity contribution is 7.14. The predicted octanol–water partition coefficient (Wildman–Crippen LogP) is 5.36. The number of ether oxygens (including phenoxy) is 1. The Morgan fingerprint density at radius 2 is 2.07 bits per heavy atom. The van der Waals surface area contributed by atoms with Crippen LogP contribution in [0.5, 0.6) is 0 Å².